The van der Waals surface area contributed by atoms with Gasteiger partial charge in [0.15, 0.2) is 5.78 Å². The highest BCUT2D eigenvalue weighted by Crippen LogP contribution is 2.04. The molecule has 0 N–H and O–H groups in total. The second kappa shape index (κ2) is 12.8. The van der Waals surface area contributed by atoms with Gasteiger partial charge in [0.05, 0.1) is 0 Å². The number of ketones is 1. The van der Waals surface area contributed by atoms with Crippen molar-refractivity contribution < 1.29 is 4.79 Å². The van der Waals surface area contributed by atoms with Crippen molar-refractivity contribution >= 4 is 17.9 Å². The molecule has 0 aliphatic rings. The zero-order chi connectivity index (χ0) is 20.1. The van der Waals surface area contributed by atoms with Crippen LogP contribution in [0.25, 0.3) is 12.2 Å². The fraction of sp³-hybridized carbons (Fsp3) is 0.320. The van der Waals surface area contributed by atoms with Gasteiger partial charge in [-0.3, -0.25) is 9.69 Å². The smallest absolute Gasteiger partial charge is 0.178 e. The Bertz CT molecular complexity index is 640. The summed E-state index contributed by atoms with van der Waals surface area (Å²) in [6, 6.07) is 20.9. The van der Waals surface area contributed by atoms with Gasteiger partial charge in [0.2, 0.25) is 0 Å². The van der Waals surface area contributed by atoms with E-state index in [0.717, 1.165) is 17.7 Å². The number of hydrogen-bond donors (Lipinski definition) is 0. The molecule has 2 heteroatoms. The summed E-state index contributed by atoms with van der Waals surface area (Å²) in [7, 11) is 0. The van der Waals surface area contributed by atoms with Crippen molar-refractivity contribution in [2.24, 2.45) is 0 Å². The van der Waals surface area contributed by atoms with Crippen LogP contribution in [0.5, 0.6) is 0 Å². The lowest BCUT2D eigenvalue weighted by Gasteiger charge is -2.28. The number of nitrogens with zero attached hydrogens (tertiary/aromatic N) is 1. The molecular weight excluding hydrogens is 330 g/mol. The fourth-order valence-corrected chi connectivity index (χ4v) is 2.87. The summed E-state index contributed by atoms with van der Waals surface area (Å²) in [5.74, 6) is -0.0114. The third-order valence-electron chi connectivity index (χ3n) is 4.17. The van der Waals surface area contributed by atoms with E-state index in [2.05, 4.69) is 39.5 Å². The molecule has 0 fully saturated rings. The Morgan fingerprint density at radius 3 is 1.41 bits per heavy atom. The maximum absolute atomic E-state index is 11.6. The molecular formula is C25H33NO. The molecule has 2 aromatic rings. The van der Waals surface area contributed by atoms with Crippen molar-refractivity contribution in [3.8, 4) is 0 Å². The van der Waals surface area contributed by atoms with Crippen LogP contribution in [0.4, 0.5) is 0 Å². The molecule has 2 nitrogen and oxygen atoms in total. The molecule has 2 aromatic carbocycles. The average molecular weight is 364 g/mol. The van der Waals surface area contributed by atoms with Crippen LogP contribution in [0, 0.1) is 0 Å². The fourth-order valence-electron chi connectivity index (χ4n) is 2.87. The van der Waals surface area contributed by atoms with Crippen LogP contribution in [0.2, 0.25) is 0 Å². The molecule has 0 aromatic heterocycles. The van der Waals surface area contributed by atoms with Crippen LogP contribution in [-0.4, -0.2) is 29.3 Å². The van der Waals surface area contributed by atoms with E-state index in [1.165, 1.54) is 0 Å². The quantitative estimate of drug-likeness (QED) is 0.553. The molecule has 144 valence electrons. The maximum atomic E-state index is 11.6. The molecule has 0 unspecified atom stereocenters. The number of rotatable bonds is 7. The summed E-state index contributed by atoms with van der Waals surface area (Å²) in [4.78, 5) is 14.1. The minimum absolute atomic E-state index is 0.0114. The predicted octanol–water partition coefficient (Wildman–Crippen LogP) is 6.11. The maximum Gasteiger partial charge on any atom is 0.178 e. The second-order valence-corrected chi connectivity index (χ2v) is 6.91. The summed E-state index contributed by atoms with van der Waals surface area (Å²) in [5.41, 5.74) is 2.05. The third kappa shape index (κ3) is 9.72. The minimum Gasteiger partial charge on any atom is -0.299 e. The van der Waals surface area contributed by atoms with Crippen molar-refractivity contribution in [1.82, 2.24) is 4.90 Å². The molecule has 0 aliphatic heterocycles. The first-order valence-corrected chi connectivity index (χ1v) is 9.70. The molecule has 0 radical (unpaired) electrons. The highest BCUT2D eigenvalue weighted by molar-refractivity contribution is 6.04. The van der Waals surface area contributed by atoms with Gasteiger partial charge in [-0.25, -0.2) is 0 Å². The normalized spacial score (nSPS) is 11.4. The van der Waals surface area contributed by atoms with Gasteiger partial charge >= 0.3 is 0 Å². The van der Waals surface area contributed by atoms with Crippen molar-refractivity contribution in [2.45, 2.75) is 46.7 Å². The molecule has 0 heterocycles. The first-order chi connectivity index (χ1) is 12.9. The summed E-state index contributed by atoms with van der Waals surface area (Å²) in [6.45, 7) is 12.3. The molecule has 0 amide bonds. The zero-order valence-electron chi connectivity index (χ0n) is 17.3. The van der Waals surface area contributed by atoms with Gasteiger partial charge in [-0.2, -0.15) is 0 Å². The van der Waals surface area contributed by atoms with Gasteiger partial charge in [-0.05, 0) is 57.5 Å². The predicted molar refractivity (Wildman–Crippen MR) is 119 cm³/mol. The first-order valence-electron chi connectivity index (χ1n) is 9.70. The molecule has 0 spiro atoms. The van der Waals surface area contributed by atoms with Crippen LogP contribution < -0.4 is 0 Å². The molecule has 0 aliphatic carbocycles. The molecule has 0 saturated heterocycles. The topological polar surface area (TPSA) is 20.3 Å². The number of hydrogen-bond acceptors (Lipinski definition) is 2. The molecule has 0 atom stereocenters. The Hall–Kier alpha value is -2.45. The second-order valence-electron chi connectivity index (χ2n) is 6.91. The van der Waals surface area contributed by atoms with Crippen molar-refractivity contribution in [1.29, 1.82) is 0 Å². The SMILES string of the molecule is CCN(C(C)C)C(C)C.O=C(C=Cc1ccccc1)C=Cc1ccccc1. The summed E-state index contributed by atoms with van der Waals surface area (Å²) in [5, 5.41) is 0. The highest BCUT2D eigenvalue weighted by Gasteiger charge is 2.09. The number of carbonyl (C=O) groups is 1. The van der Waals surface area contributed by atoms with Crippen LogP contribution in [0.3, 0.4) is 0 Å². The van der Waals surface area contributed by atoms with Gasteiger partial charge in [-0.15, -0.1) is 0 Å². The van der Waals surface area contributed by atoms with E-state index in [9.17, 15) is 4.79 Å². The van der Waals surface area contributed by atoms with Crippen LogP contribution in [0.15, 0.2) is 72.8 Å². The molecule has 0 bridgehead atoms. The zero-order valence-corrected chi connectivity index (χ0v) is 17.3. The Labute approximate surface area is 165 Å². The average Bonchev–Trinajstić information content (AvgIpc) is 2.67. The number of benzene rings is 2. The van der Waals surface area contributed by atoms with Crippen molar-refractivity contribution in [2.75, 3.05) is 6.54 Å². The Kier molecular flexibility index (Phi) is 10.7. The number of allylic oxidation sites excluding steroid dienone is 2. The van der Waals surface area contributed by atoms with E-state index >= 15 is 0 Å². The van der Waals surface area contributed by atoms with Crippen molar-refractivity contribution in [3.05, 3.63) is 83.9 Å². The van der Waals surface area contributed by atoms with E-state index in [-0.39, 0.29) is 5.78 Å². The van der Waals surface area contributed by atoms with E-state index in [1.54, 1.807) is 12.2 Å². The summed E-state index contributed by atoms with van der Waals surface area (Å²) >= 11 is 0. The first kappa shape index (κ1) is 22.6. The number of carbonyl (C=O) groups excluding carboxylic acids is 1. The van der Waals surface area contributed by atoms with Crippen LogP contribution in [-0.2, 0) is 4.79 Å². The van der Waals surface area contributed by atoms with E-state index in [0.29, 0.717) is 12.1 Å². The largest absolute Gasteiger partial charge is 0.299 e. The van der Waals surface area contributed by atoms with E-state index < -0.39 is 0 Å². The highest BCUT2D eigenvalue weighted by atomic mass is 16.1. The lowest BCUT2D eigenvalue weighted by Crippen LogP contribution is -2.36. The monoisotopic (exact) mass is 363 g/mol. The Morgan fingerprint density at radius 2 is 1.15 bits per heavy atom. The van der Waals surface area contributed by atoms with E-state index in [1.807, 2.05) is 72.8 Å². The van der Waals surface area contributed by atoms with Gasteiger partial charge in [0.25, 0.3) is 0 Å². The summed E-state index contributed by atoms with van der Waals surface area (Å²) < 4.78 is 0. The molecule has 0 saturated carbocycles. The van der Waals surface area contributed by atoms with Gasteiger partial charge in [0, 0.05) is 12.1 Å². The summed E-state index contributed by atoms with van der Waals surface area (Å²) in [6.07, 6.45) is 6.79. The third-order valence-corrected chi connectivity index (χ3v) is 4.17. The lowest BCUT2D eigenvalue weighted by atomic mass is 10.1. The standard InChI is InChI=1S/C17H14O.C8H19N/c18-17(13-11-15-7-3-1-4-8-15)14-12-16-9-5-2-6-10-16;1-6-9(7(2)3)8(4)5/h1-14H;7-8H,6H2,1-5H3. The molecule has 2 rings (SSSR count). The van der Waals surface area contributed by atoms with Crippen LogP contribution in [0.1, 0.15) is 45.7 Å². The Morgan fingerprint density at radius 1 is 0.778 bits per heavy atom. The van der Waals surface area contributed by atoms with Gasteiger partial charge in [-0.1, -0.05) is 79.7 Å². The lowest BCUT2D eigenvalue weighted by molar-refractivity contribution is -0.110. The molecule has 27 heavy (non-hydrogen) atoms. The minimum atomic E-state index is -0.0114. The van der Waals surface area contributed by atoms with Gasteiger partial charge in [0.1, 0.15) is 0 Å². The van der Waals surface area contributed by atoms with Crippen molar-refractivity contribution in [3.63, 3.8) is 0 Å². The van der Waals surface area contributed by atoms with Gasteiger partial charge < -0.3 is 0 Å². The van der Waals surface area contributed by atoms with Crippen LogP contribution >= 0.6 is 0 Å². The van der Waals surface area contributed by atoms with E-state index in [4.69, 9.17) is 0 Å². The Balaban J connectivity index is 0.000000345.